The number of rotatable bonds is 52. The molecule has 0 saturated carbocycles. The normalized spacial score (nSPS) is 13.1. The fraction of sp³-hybridized carbons (Fsp3) is 0.917. The lowest BCUT2D eigenvalue weighted by Crippen LogP contribution is -2.41. The molecule has 0 saturated heterocycles. The van der Waals surface area contributed by atoms with E-state index in [9.17, 15) is 14.4 Å². The fourth-order valence-corrected chi connectivity index (χ4v) is 9.66. The van der Waals surface area contributed by atoms with Crippen LogP contribution in [0.3, 0.4) is 0 Å². The summed E-state index contributed by atoms with van der Waals surface area (Å²) in [6.07, 6.45) is 51.1. The Morgan fingerprint density at radius 1 is 0.418 bits per heavy atom. The smallest absolute Gasteiger partial charge is 0.330 e. The van der Waals surface area contributed by atoms with E-state index >= 15 is 0 Å². The van der Waals surface area contributed by atoms with E-state index < -0.39 is 0 Å². The standard InChI is InChI=1S/C60H116N2O5/c1-8-13-18-22-24-25-28-36-46-57(47-37-31-32-40-50-60(65)67-54-56(44-34-21-16-11-4)45-35-27-23-19-14-9-2)62(52-41-51-61(6)7)58(63)48-38-29-26-30-39-49-59(64)66-53-55(42-17-12-5)43-33-20-15-10-3/h40,50,55-57H,8-39,41-49,51-54H2,1-7H3. The number of nitrogens with zero attached hydrogens (tertiary/aromatic N) is 2. The van der Waals surface area contributed by atoms with Crippen molar-refractivity contribution in [2.45, 2.75) is 304 Å². The Morgan fingerprint density at radius 2 is 0.821 bits per heavy atom. The SMILES string of the molecule is CCCCCCCCCCC(CCCCC=CC(=O)OCC(CCCCCC)CCCCCCCC)N(CCCN(C)C)C(=O)CCCCCCCC(=O)OCC(CCCC)CCCCCC. The van der Waals surface area contributed by atoms with Gasteiger partial charge in [0, 0.05) is 31.5 Å². The maximum atomic E-state index is 14.1. The van der Waals surface area contributed by atoms with Gasteiger partial charge in [-0.1, -0.05) is 220 Å². The minimum absolute atomic E-state index is 0.0366. The summed E-state index contributed by atoms with van der Waals surface area (Å²) in [4.78, 5) is 44.0. The zero-order chi connectivity index (χ0) is 49.3. The summed E-state index contributed by atoms with van der Waals surface area (Å²) in [5.74, 6) is 1.08. The number of carbonyl (C=O) groups excluding carboxylic acids is 3. The minimum Gasteiger partial charge on any atom is -0.465 e. The molecule has 0 fully saturated rings. The molecule has 1 amide bonds. The number of unbranched alkanes of at least 4 members (excludes halogenated alkanes) is 25. The molecule has 0 radical (unpaired) electrons. The molecule has 0 aromatic heterocycles. The quantitative estimate of drug-likeness (QED) is 0.0343. The Morgan fingerprint density at radius 3 is 1.33 bits per heavy atom. The van der Waals surface area contributed by atoms with Gasteiger partial charge in [0.1, 0.15) is 0 Å². The first-order chi connectivity index (χ1) is 32.7. The van der Waals surface area contributed by atoms with Gasteiger partial charge in [0.2, 0.25) is 5.91 Å². The molecule has 0 aliphatic carbocycles. The molecular formula is C60H116N2O5. The molecule has 0 aliphatic rings. The highest BCUT2D eigenvalue weighted by molar-refractivity contribution is 5.81. The summed E-state index contributed by atoms with van der Waals surface area (Å²) >= 11 is 0. The molecule has 0 heterocycles. The van der Waals surface area contributed by atoms with Crippen molar-refractivity contribution in [2.24, 2.45) is 11.8 Å². The third-order valence-electron chi connectivity index (χ3n) is 14.1. The zero-order valence-corrected chi connectivity index (χ0v) is 46.1. The van der Waals surface area contributed by atoms with Gasteiger partial charge in [-0.15, -0.1) is 0 Å². The number of amides is 1. The van der Waals surface area contributed by atoms with Crippen LogP contribution in [0.2, 0.25) is 0 Å². The first-order valence-corrected chi connectivity index (χ1v) is 29.6. The van der Waals surface area contributed by atoms with Crippen LogP contribution in [0.15, 0.2) is 12.2 Å². The molecule has 7 heteroatoms. The molecule has 0 aromatic carbocycles. The Kier molecular flexibility index (Phi) is 49.1. The van der Waals surface area contributed by atoms with Crippen molar-refractivity contribution >= 4 is 17.8 Å². The average Bonchev–Trinajstić information content (AvgIpc) is 3.32. The van der Waals surface area contributed by atoms with E-state index in [2.05, 4.69) is 58.5 Å². The number of hydrogen-bond acceptors (Lipinski definition) is 6. The van der Waals surface area contributed by atoms with Crippen molar-refractivity contribution in [1.29, 1.82) is 0 Å². The molecule has 67 heavy (non-hydrogen) atoms. The summed E-state index contributed by atoms with van der Waals surface area (Å²) in [6, 6.07) is 0.272. The van der Waals surface area contributed by atoms with Gasteiger partial charge in [-0.3, -0.25) is 9.59 Å². The molecule has 396 valence electrons. The minimum atomic E-state index is -0.191. The van der Waals surface area contributed by atoms with Gasteiger partial charge in [0.05, 0.1) is 13.2 Å². The van der Waals surface area contributed by atoms with Crippen LogP contribution in [0.1, 0.15) is 298 Å². The average molecular weight is 946 g/mol. The third-order valence-corrected chi connectivity index (χ3v) is 14.1. The van der Waals surface area contributed by atoms with Crippen molar-refractivity contribution in [3.05, 3.63) is 12.2 Å². The molecule has 7 nitrogen and oxygen atoms in total. The number of hydrogen-bond donors (Lipinski definition) is 0. The molecule has 3 unspecified atom stereocenters. The van der Waals surface area contributed by atoms with Gasteiger partial charge in [0.25, 0.3) is 0 Å². The van der Waals surface area contributed by atoms with E-state index in [1.165, 1.54) is 173 Å². The van der Waals surface area contributed by atoms with E-state index in [-0.39, 0.29) is 18.0 Å². The van der Waals surface area contributed by atoms with Crippen molar-refractivity contribution in [3.63, 3.8) is 0 Å². The van der Waals surface area contributed by atoms with Crippen molar-refractivity contribution in [1.82, 2.24) is 9.80 Å². The Hall–Kier alpha value is -1.89. The number of carbonyl (C=O) groups is 3. The Balaban J connectivity index is 5.18. The highest BCUT2D eigenvalue weighted by atomic mass is 16.5. The summed E-state index contributed by atoms with van der Waals surface area (Å²) in [5, 5.41) is 0. The van der Waals surface area contributed by atoms with Crippen molar-refractivity contribution in [3.8, 4) is 0 Å². The largest absolute Gasteiger partial charge is 0.465 e. The fourth-order valence-electron chi connectivity index (χ4n) is 9.66. The lowest BCUT2D eigenvalue weighted by atomic mass is 9.95. The van der Waals surface area contributed by atoms with Crippen LogP contribution in [0.25, 0.3) is 0 Å². The number of ether oxygens (including phenoxy) is 2. The van der Waals surface area contributed by atoms with Crippen LogP contribution >= 0.6 is 0 Å². The first-order valence-electron chi connectivity index (χ1n) is 29.6. The lowest BCUT2D eigenvalue weighted by molar-refractivity contribution is -0.145. The summed E-state index contributed by atoms with van der Waals surface area (Å²) in [7, 11) is 4.24. The van der Waals surface area contributed by atoms with Crippen molar-refractivity contribution < 1.29 is 23.9 Å². The van der Waals surface area contributed by atoms with Gasteiger partial charge in [-0.2, -0.15) is 0 Å². The number of esters is 2. The van der Waals surface area contributed by atoms with Crippen LogP contribution in [-0.2, 0) is 23.9 Å². The second kappa shape index (κ2) is 50.5. The lowest BCUT2D eigenvalue weighted by Gasteiger charge is -2.33. The van der Waals surface area contributed by atoms with E-state index in [1.54, 1.807) is 6.08 Å². The molecule has 0 N–H and O–H groups in total. The van der Waals surface area contributed by atoms with E-state index in [0.29, 0.717) is 43.8 Å². The molecule has 0 aliphatic heterocycles. The zero-order valence-electron chi connectivity index (χ0n) is 46.1. The third kappa shape index (κ3) is 43.8. The predicted octanol–water partition coefficient (Wildman–Crippen LogP) is 17.7. The molecular weight excluding hydrogens is 829 g/mol. The molecule has 3 atom stereocenters. The second-order valence-electron chi connectivity index (χ2n) is 21.1. The summed E-state index contributed by atoms with van der Waals surface area (Å²) in [5.41, 5.74) is 0. The molecule has 0 spiro atoms. The topological polar surface area (TPSA) is 76.2 Å². The van der Waals surface area contributed by atoms with Gasteiger partial charge in [-0.05, 0) is 103 Å². The highest BCUT2D eigenvalue weighted by Crippen LogP contribution is 2.23. The van der Waals surface area contributed by atoms with Crippen molar-refractivity contribution in [2.75, 3.05) is 40.4 Å². The van der Waals surface area contributed by atoms with E-state index in [1.807, 2.05) is 6.08 Å². The molecule has 0 bridgehead atoms. The summed E-state index contributed by atoms with van der Waals surface area (Å²) in [6.45, 7) is 14.2. The van der Waals surface area contributed by atoms with Crippen LogP contribution in [-0.4, -0.2) is 74.1 Å². The van der Waals surface area contributed by atoms with Gasteiger partial charge >= 0.3 is 11.9 Å². The maximum Gasteiger partial charge on any atom is 0.330 e. The highest BCUT2D eigenvalue weighted by Gasteiger charge is 2.23. The monoisotopic (exact) mass is 945 g/mol. The van der Waals surface area contributed by atoms with Crippen LogP contribution < -0.4 is 0 Å². The number of allylic oxidation sites excluding steroid dienone is 1. The first kappa shape index (κ1) is 65.1. The van der Waals surface area contributed by atoms with E-state index in [4.69, 9.17) is 9.47 Å². The van der Waals surface area contributed by atoms with Crippen LogP contribution in [0.4, 0.5) is 0 Å². The maximum absolute atomic E-state index is 14.1. The Bertz CT molecular complexity index is 1110. The molecule has 0 aromatic rings. The van der Waals surface area contributed by atoms with Crippen LogP contribution in [0, 0.1) is 11.8 Å². The summed E-state index contributed by atoms with van der Waals surface area (Å²) < 4.78 is 11.6. The van der Waals surface area contributed by atoms with E-state index in [0.717, 1.165) is 90.1 Å². The van der Waals surface area contributed by atoms with Crippen LogP contribution in [0.5, 0.6) is 0 Å². The van der Waals surface area contributed by atoms with Gasteiger partial charge < -0.3 is 19.3 Å². The predicted molar refractivity (Wildman–Crippen MR) is 290 cm³/mol. The van der Waals surface area contributed by atoms with Gasteiger partial charge in [-0.25, -0.2) is 4.79 Å². The van der Waals surface area contributed by atoms with Gasteiger partial charge in [0.15, 0.2) is 0 Å². The Labute approximate surface area is 418 Å². The molecule has 0 rings (SSSR count). The second-order valence-corrected chi connectivity index (χ2v) is 21.1.